The molecule has 3 N–H and O–H groups in total. The predicted octanol–water partition coefficient (Wildman–Crippen LogP) is 1.26. The lowest BCUT2D eigenvalue weighted by molar-refractivity contribution is 0.102. The number of nitrogens with zero attached hydrogens (tertiary/aromatic N) is 2. The molecule has 0 aliphatic rings. The third kappa shape index (κ3) is 2.42. The van der Waals surface area contributed by atoms with Gasteiger partial charge in [-0.05, 0) is 12.1 Å². The fourth-order valence-corrected chi connectivity index (χ4v) is 1.51. The highest BCUT2D eigenvalue weighted by Gasteiger charge is 2.10. The highest BCUT2D eigenvalue weighted by atomic mass is 16.5. The Morgan fingerprint density at radius 2 is 2.28 bits per heavy atom. The molecule has 2 aromatic rings. The van der Waals surface area contributed by atoms with Crippen molar-refractivity contribution in [2.45, 2.75) is 0 Å². The molecular weight excluding hydrogens is 232 g/mol. The van der Waals surface area contributed by atoms with Crippen LogP contribution in [-0.4, -0.2) is 22.8 Å². The molecule has 6 nitrogen and oxygen atoms in total. The van der Waals surface area contributed by atoms with Gasteiger partial charge in [-0.3, -0.25) is 9.48 Å². The summed E-state index contributed by atoms with van der Waals surface area (Å²) in [6.45, 7) is 0. The van der Waals surface area contributed by atoms with E-state index in [-0.39, 0.29) is 5.91 Å². The number of carbonyl (C=O) groups is 1. The van der Waals surface area contributed by atoms with E-state index in [9.17, 15) is 4.79 Å². The third-order valence-electron chi connectivity index (χ3n) is 2.47. The number of nitrogens with two attached hydrogens (primary N) is 1. The standard InChI is InChI=1S/C12H14N4O2/c1-16-7-8(6-14-16)12(17)15-11-4-3-9(18-2)5-10(11)13/h3-7H,13H2,1-2H3,(H,15,17). The van der Waals surface area contributed by atoms with Crippen molar-refractivity contribution in [3.05, 3.63) is 36.2 Å². The Bertz CT molecular complexity index is 577. The van der Waals surface area contributed by atoms with Gasteiger partial charge in [0.25, 0.3) is 5.91 Å². The van der Waals surface area contributed by atoms with Crippen molar-refractivity contribution in [1.29, 1.82) is 0 Å². The summed E-state index contributed by atoms with van der Waals surface area (Å²) in [5, 5.41) is 6.65. The Balaban J connectivity index is 2.16. The fourth-order valence-electron chi connectivity index (χ4n) is 1.51. The van der Waals surface area contributed by atoms with Crippen molar-refractivity contribution >= 4 is 17.3 Å². The van der Waals surface area contributed by atoms with Crippen LogP contribution in [-0.2, 0) is 7.05 Å². The van der Waals surface area contributed by atoms with Crippen LogP contribution in [0.25, 0.3) is 0 Å². The second-order valence-corrected chi connectivity index (χ2v) is 3.81. The molecule has 0 atom stereocenters. The van der Waals surface area contributed by atoms with Crippen molar-refractivity contribution < 1.29 is 9.53 Å². The molecule has 0 saturated heterocycles. The second-order valence-electron chi connectivity index (χ2n) is 3.81. The summed E-state index contributed by atoms with van der Waals surface area (Å²) >= 11 is 0. The number of amides is 1. The average Bonchev–Trinajstić information content (AvgIpc) is 2.78. The average molecular weight is 246 g/mol. The molecule has 0 bridgehead atoms. The van der Waals surface area contributed by atoms with E-state index in [0.29, 0.717) is 22.7 Å². The lowest BCUT2D eigenvalue weighted by Crippen LogP contribution is -2.12. The SMILES string of the molecule is COc1ccc(NC(=O)c2cnn(C)c2)c(N)c1. The summed E-state index contributed by atoms with van der Waals surface area (Å²) in [6, 6.07) is 5.08. The first-order valence-corrected chi connectivity index (χ1v) is 5.33. The Morgan fingerprint density at radius 3 is 2.83 bits per heavy atom. The van der Waals surface area contributed by atoms with Crippen LogP contribution < -0.4 is 15.8 Å². The third-order valence-corrected chi connectivity index (χ3v) is 2.47. The summed E-state index contributed by atoms with van der Waals surface area (Å²) in [6.07, 6.45) is 3.13. The van der Waals surface area contributed by atoms with E-state index in [1.165, 1.54) is 6.20 Å². The Kier molecular flexibility index (Phi) is 3.18. The van der Waals surface area contributed by atoms with Gasteiger partial charge in [0, 0.05) is 19.3 Å². The summed E-state index contributed by atoms with van der Waals surface area (Å²) in [7, 11) is 3.31. The number of nitrogens with one attached hydrogen (secondary N) is 1. The molecular formula is C12H14N4O2. The number of hydrogen-bond acceptors (Lipinski definition) is 4. The van der Waals surface area contributed by atoms with Gasteiger partial charge in [-0.1, -0.05) is 0 Å². The molecule has 0 aliphatic heterocycles. The van der Waals surface area contributed by atoms with Crippen LogP contribution in [0.2, 0.25) is 0 Å². The quantitative estimate of drug-likeness (QED) is 0.799. The van der Waals surface area contributed by atoms with Gasteiger partial charge < -0.3 is 15.8 Å². The molecule has 2 rings (SSSR count). The lowest BCUT2D eigenvalue weighted by Gasteiger charge is -2.08. The molecule has 0 saturated carbocycles. The molecule has 0 spiro atoms. The number of rotatable bonds is 3. The first-order valence-electron chi connectivity index (χ1n) is 5.33. The molecule has 18 heavy (non-hydrogen) atoms. The van der Waals surface area contributed by atoms with Gasteiger partial charge in [0.15, 0.2) is 0 Å². The molecule has 1 aromatic carbocycles. The number of carbonyl (C=O) groups excluding carboxylic acids is 1. The van der Waals surface area contributed by atoms with Gasteiger partial charge in [-0.25, -0.2) is 0 Å². The number of methoxy groups -OCH3 is 1. The van der Waals surface area contributed by atoms with E-state index >= 15 is 0 Å². The Morgan fingerprint density at radius 1 is 1.50 bits per heavy atom. The van der Waals surface area contributed by atoms with Crippen LogP contribution in [0, 0.1) is 0 Å². The number of aryl methyl sites for hydroxylation is 1. The number of hydrogen-bond donors (Lipinski definition) is 2. The van der Waals surface area contributed by atoms with Gasteiger partial charge in [0.1, 0.15) is 5.75 Å². The topological polar surface area (TPSA) is 82.2 Å². The summed E-state index contributed by atoms with van der Waals surface area (Å²) < 4.78 is 6.60. The van der Waals surface area contributed by atoms with E-state index < -0.39 is 0 Å². The highest BCUT2D eigenvalue weighted by Crippen LogP contribution is 2.24. The van der Waals surface area contributed by atoms with Crippen molar-refractivity contribution in [3.8, 4) is 5.75 Å². The number of anilines is 2. The molecule has 1 aromatic heterocycles. The van der Waals surface area contributed by atoms with E-state index in [4.69, 9.17) is 10.5 Å². The molecule has 0 unspecified atom stereocenters. The minimum absolute atomic E-state index is 0.250. The summed E-state index contributed by atoms with van der Waals surface area (Å²) in [4.78, 5) is 11.9. The van der Waals surface area contributed by atoms with E-state index in [0.717, 1.165) is 0 Å². The highest BCUT2D eigenvalue weighted by molar-refractivity contribution is 6.05. The number of nitrogen functional groups attached to an aromatic ring is 1. The van der Waals surface area contributed by atoms with Crippen molar-refractivity contribution in [2.75, 3.05) is 18.2 Å². The van der Waals surface area contributed by atoms with Gasteiger partial charge in [0.2, 0.25) is 0 Å². The first kappa shape index (κ1) is 12.0. The van der Waals surface area contributed by atoms with Crippen molar-refractivity contribution in [1.82, 2.24) is 9.78 Å². The number of ether oxygens (including phenoxy) is 1. The minimum atomic E-state index is -0.250. The Labute approximate surface area is 104 Å². The summed E-state index contributed by atoms with van der Waals surface area (Å²) in [5.74, 6) is 0.395. The fraction of sp³-hybridized carbons (Fsp3) is 0.167. The molecule has 94 valence electrons. The molecule has 6 heteroatoms. The number of benzene rings is 1. The maximum Gasteiger partial charge on any atom is 0.258 e. The minimum Gasteiger partial charge on any atom is -0.497 e. The zero-order valence-electron chi connectivity index (χ0n) is 10.2. The summed E-state index contributed by atoms with van der Waals surface area (Å²) in [5.41, 5.74) is 7.29. The number of aromatic nitrogens is 2. The van der Waals surface area contributed by atoms with Gasteiger partial charge in [-0.15, -0.1) is 0 Å². The lowest BCUT2D eigenvalue weighted by atomic mass is 10.2. The zero-order chi connectivity index (χ0) is 13.1. The monoisotopic (exact) mass is 246 g/mol. The van der Waals surface area contributed by atoms with E-state index in [1.54, 1.807) is 43.2 Å². The van der Waals surface area contributed by atoms with Crippen LogP contribution in [0.1, 0.15) is 10.4 Å². The molecule has 0 aliphatic carbocycles. The maximum atomic E-state index is 11.9. The first-order chi connectivity index (χ1) is 8.60. The molecule has 1 heterocycles. The molecule has 0 fully saturated rings. The largest absolute Gasteiger partial charge is 0.497 e. The second kappa shape index (κ2) is 4.79. The normalized spacial score (nSPS) is 10.1. The van der Waals surface area contributed by atoms with Gasteiger partial charge in [0.05, 0.1) is 30.2 Å². The van der Waals surface area contributed by atoms with Crippen molar-refractivity contribution in [3.63, 3.8) is 0 Å². The zero-order valence-corrected chi connectivity index (χ0v) is 10.2. The van der Waals surface area contributed by atoms with Crippen LogP contribution in [0.3, 0.4) is 0 Å². The van der Waals surface area contributed by atoms with E-state index in [1.807, 2.05) is 0 Å². The molecule has 0 radical (unpaired) electrons. The molecule has 1 amide bonds. The van der Waals surface area contributed by atoms with Crippen LogP contribution in [0.5, 0.6) is 5.75 Å². The van der Waals surface area contributed by atoms with Crippen LogP contribution >= 0.6 is 0 Å². The van der Waals surface area contributed by atoms with E-state index in [2.05, 4.69) is 10.4 Å². The predicted molar refractivity (Wildman–Crippen MR) is 68.6 cm³/mol. The van der Waals surface area contributed by atoms with Gasteiger partial charge in [-0.2, -0.15) is 5.10 Å². The van der Waals surface area contributed by atoms with Crippen LogP contribution in [0.4, 0.5) is 11.4 Å². The van der Waals surface area contributed by atoms with Gasteiger partial charge >= 0.3 is 0 Å². The van der Waals surface area contributed by atoms with Crippen LogP contribution in [0.15, 0.2) is 30.6 Å². The smallest absolute Gasteiger partial charge is 0.258 e. The van der Waals surface area contributed by atoms with Crippen molar-refractivity contribution in [2.24, 2.45) is 7.05 Å². The Hall–Kier alpha value is -2.50. The maximum absolute atomic E-state index is 11.9.